The van der Waals surface area contributed by atoms with Gasteiger partial charge < -0.3 is 4.40 Å². The van der Waals surface area contributed by atoms with Gasteiger partial charge in [0.1, 0.15) is 5.69 Å². The first-order valence-corrected chi connectivity index (χ1v) is 21.2. The molecule has 0 bridgehead atoms. The van der Waals surface area contributed by atoms with Crippen LogP contribution in [-0.2, 0) is 5.41 Å². The molecule has 4 nitrogen and oxygen atoms in total. The summed E-state index contributed by atoms with van der Waals surface area (Å²) in [7, 11) is 0. The molecular formula is C57H36N4. The highest BCUT2D eigenvalue weighted by Gasteiger charge is 2.36. The van der Waals surface area contributed by atoms with Crippen LogP contribution >= 0.6 is 0 Å². The number of hydrogen-bond acceptors (Lipinski definition) is 2. The van der Waals surface area contributed by atoms with Gasteiger partial charge in [-0.15, -0.1) is 0 Å². The molecule has 14 rings (SSSR count). The zero-order valence-corrected chi connectivity index (χ0v) is 33.6. The highest BCUT2D eigenvalue weighted by Crippen LogP contribution is 2.51. The fourth-order valence-corrected chi connectivity index (χ4v) is 11.1. The Bertz CT molecular complexity index is 4020. The lowest BCUT2D eigenvalue weighted by molar-refractivity contribution is 0.660. The first-order valence-electron chi connectivity index (χ1n) is 21.2. The summed E-state index contributed by atoms with van der Waals surface area (Å²) >= 11 is 0. The minimum atomic E-state index is -0.164. The summed E-state index contributed by atoms with van der Waals surface area (Å²) in [5.74, 6) is 0.823. The van der Waals surface area contributed by atoms with Crippen LogP contribution in [-0.4, -0.2) is 18.9 Å². The molecule has 0 unspecified atom stereocenters. The molecule has 0 aliphatic heterocycles. The molecule has 0 radical (unpaired) electrons. The summed E-state index contributed by atoms with van der Waals surface area (Å²) in [6.07, 6.45) is 0. The third kappa shape index (κ3) is 4.28. The van der Waals surface area contributed by atoms with Crippen LogP contribution in [0.2, 0.25) is 0 Å². The highest BCUT2D eigenvalue weighted by molar-refractivity contribution is 6.34. The molecule has 0 saturated carbocycles. The van der Waals surface area contributed by atoms with Crippen molar-refractivity contribution < 1.29 is 0 Å². The molecule has 13 aromatic rings. The smallest absolute Gasteiger partial charge is 0.165 e. The van der Waals surface area contributed by atoms with Gasteiger partial charge in [0, 0.05) is 48.7 Å². The predicted molar refractivity (Wildman–Crippen MR) is 254 cm³/mol. The summed E-state index contributed by atoms with van der Waals surface area (Å²) in [5.41, 5.74) is 17.0. The maximum absolute atomic E-state index is 5.75. The standard InChI is InChI=1S/C57H36N4/c1-57(2)44-21-10-8-17-38(44)39-26-24-36(31-45(39)57)53-56(59-47-32-35(25-28-46(47)58-53)33-13-4-3-5-14-33)61-50-30-29-49-51(52(50)43-27-23-34-15-6-7-16-37(34)54(43)61)42-20-12-19-41-40-18-9-11-22-48(40)60(49)55(41)42/h3-32H,1-2H3. The largest absolute Gasteiger partial charge is 0.308 e. The van der Waals surface area contributed by atoms with Crippen LogP contribution in [0.5, 0.6) is 0 Å². The maximum Gasteiger partial charge on any atom is 0.165 e. The lowest BCUT2D eigenvalue weighted by Crippen LogP contribution is -2.15. The van der Waals surface area contributed by atoms with E-state index in [0.717, 1.165) is 50.3 Å². The predicted octanol–water partition coefficient (Wildman–Crippen LogP) is 14.7. The van der Waals surface area contributed by atoms with Gasteiger partial charge in [0.25, 0.3) is 0 Å². The highest BCUT2D eigenvalue weighted by atomic mass is 15.1. The zero-order chi connectivity index (χ0) is 40.1. The van der Waals surface area contributed by atoms with E-state index in [1.807, 2.05) is 0 Å². The topological polar surface area (TPSA) is 35.1 Å². The number of aromatic nitrogens is 4. The molecule has 1 aliphatic carbocycles. The van der Waals surface area contributed by atoms with Crippen LogP contribution in [0.1, 0.15) is 25.0 Å². The number of benzene rings is 9. The Morgan fingerprint density at radius 1 is 0.410 bits per heavy atom. The normalized spacial score (nSPS) is 13.5. The number of para-hydroxylation sites is 2. The zero-order valence-electron chi connectivity index (χ0n) is 33.6. The van der Waals surface area contributed by atoms with Gasteiger partial charge >= 0.3 is 0 Å². The van der Waals surface area contributed by atoms with E-state index in [2.05, 4.69) is 205 Å². The number of fused-ring (bicyclic) bond motifs is 16. The van der Waals surface area contributed by atoms with Crippen LogP contribution in [0.4, 0.5) is 0 Å². The second kappa shape index (κ2) is 11.7. The van der Waals surface area contributed by atoms with Crippen molar-refractivity contribution in [3.63, 3.8) is 0 Å². The van der Waals surface area contributed by atoms with Crippen molar-refractivity contribution in [2.75, 3.05) is 0 Å². The van der Waals surface area contributed by atoms with Gasteiger partial charge in [0.05, 0.1) is 38.6 Å². The molecule has 4 heterocycles. The quantitative estimate of drug-likeness (QED) is 0.179. The molecule has 61 heavy (non-hydrogen) atoms. The summed E-state index contributed by atoms with van der Waals surface area (Å²) in [5, 5.41) is 9.90. The van der Waals surface area contributed by atoms with E-state index in [9.17, 15) is 0 Å². The van der Waals surface area contributed by atoms with E-state index in [0.29, 0.717) is 0 Å². The Kier molecular flexibility index (Phi) is 6.33. The van der Waals surface area contributed by atoms with Crippen LogP contribution in [0.15, 0.2) is 182 Å². The summed E-state index contributed by atoms with van der Waals surface area (Å²) in [4.78, 5) is 11.4. The molecule has 9 aromatic carbocycles. The Hall–Kier alpha value is -7.82. The lowest BCUT2D eigenvalue weighted by atomic mass is 9.82. The fraction of sp³-hybridized carbons (Fsp3) is 0.0526. The van der Waals surface area contributed by atoms with E-state index in [1.54, 1.807) is 0 Å². The molecule has 0 N–H and O–H groups in total. The summed E-state index contributed by atoms with van der Waals surface area (Å²) < 4.78 is 4.92. The molecule has 0 spiro atoms. The molecule has 0 fully saturated rings. The van der Waals surface area contributed by atoms with Crippen molar-refractivity contribution in [2.45, 2.75) is 19.3 Å². The van der Waals surface area contributed by atoms with Crippen LogP contribution in [0.25, 0.3) is 121 Å². The van der Waals surface area contributed by atoms with Crippen molar-refractivity contribution in [1.82, 2.24) is 18.9 Å². The van der Waals surface area contributed by atoms with Crippen molar-refractivity contribution in [3.05, 3.63) is 193 Å². The second-order valence-corrected chi connectivity index (χ2v) is 17.3. The minimum absolute atomic E-state index is 0.164. The molecule has 4 aromatic heterocycles. The Morgan fingerprint density at radius 3 is 2.03 bits per heavy atom. The van der Waals surface area contributed by atoms with Gasteiger partial charge in [-0.2, -0.15) is 0 Å². The van der Waals surface area contributed by atoms with E-state index < -0.39 is 0 Å². The molecule has 4 heteroatoms. The average molecular weight is 777 g/mol. The maximum atomic E-state index is 5.75. The van der Waals surface area contributed by atoms with Crippen LogP contribution in [0.3, 0.4) is 0 Å². The molecular weight excluding hydrogens is 741 g/mol. The van der Waals surface area contributed by atoms with Gasteiger partial charge in [-0.3, -0.25) is 4.57 Å². The monoisotopic (exact) mass is 776 g/mol. The summed E-state index contributed by atoms with van der Waals surface area (Å²) in [6, 6.07) is 66.6. The van der Waals surface area contributed by atoms with Crippen LogP contribution in [0, 0.1) is 0 Å². The van der Waals surface area contributed by atoms with E-state index in [4.69, 9.17) is 9.97 Å². The van der Waals surface area contributed by atoms with Gasteiger partial charge in [-0.25, -0.2) is 9.97 Å². The van der Waals surface area contributed by atoms with Gasteiger partial charge in [-0.1, -0.05) is 159 Å². The fourth-order valence-electron chi connectivity index (χ4n) is 11.1. The van der Waals surface area contributed by atoms with E-state index in [-0.39, 0.29) is 5.41 Å². The first-order chi connectivity index (χ1) is 30.0. The minimum Gasteiger partial charge on any atom is -0.308 e. The third-order valence-corrected chi connectivity index (χ3v) is 13.8. The Labute approximate surface area is 350 Å². The van der Waals surface area contributed by atoms with E-state index in [1.165, 1.54) is 81.9 Å². The van der Waals surface area contributed by atoms with Crippen molar-refractivity contribution in [2.24, 2.45) is 0 Å². The van der Waals surface area contributed by atoms with Gasteiger partial charge in [-0.05, 0) is 75.2 Å². The van der Waals surface area contributed by atoms with Gasteiger partial charge in [0.2, 0.25) is 0 Å². The van der Waals surface area contributed by atoms with Gasteiger partial charge in [0.15, 0.2) is 5.82 Å². The summed E-state index contributed by atoms with van der Waals surface area (Å²) in [6.45, 7) is 4.69. The third-order valence-electron chi connectivity index (χ3n) is 13.8. The van der Waals surface area contributed by atoms with E-state index >= 15 is 0 Å². The molecule has 0 amide bonds. The SMILES string of the molecule is CC1(C)c2ccccc2-c2ccc(-c3nc4ccc(-c5ccccc5)cc4nc3-n3c4ccc5c(c6cccc7c8ccccc8n5c76)c4c4ccc5ccccc5c43)cc21. The van der Waals surface area contributed by atoms with Crippen LogP contribution < -0.4 is 0 Å². The lowest BCUT2D eigenvalue weighted by Gasteiger charge is -2.22. The van der Waals surface area contributed by atoms with Crippen molar-refractivity contribution >= 4 is 81.7 Å². The van der Waals surface area contributed by atoms with Crippen molar-refractivity contribution in [1.29, 1.82) is 0 Å². The first kappa shape index (κ1) is 33.1. The molecule has 284 valence electrons. The second-order valence-electron chi connectivity index (χ2n) is 17.3. The van der Waals surface area contributed by atoms with Crippen molar-refractivity contribution in [3.8, 4) is 39.3 Å². The number of hydrogen-bond donors (Lipinski definition) is 0. The Morgan fingerprint density at radius 2 is 1.11 bits per heavy atom. The molecule has 0 saturated heterocycles. The molecule has 1 aliphatic rings. The number of nitrogens with zero attached hydrogens (tertiary/aromatic N) is 4. The number of rotatable bonds is 3. The molecule has 0 atom stereocenters. The Balaban J connectivity index is 1.15. The average Bonchev–Trinajstić information content (AvgIpc) is 4.02.